The minimum Gasteiger partial charge on any atom is -0.383 e. The van der Waals surface area contributed by atoms with E-state index < -0.39 is 0 Å². The highest BCUT2D eigenvalue weighted by atomic mass is 35.5. The summed E-state index contributed by atoms with van der Waals surface area (Å²) >= 11 is 7.33. The van der Waals surface area contributed by atoms with Gasteiger partial charge in [-0.1, -0.05) is 11.6 Å². The van der Waals surface area contributed by atoms with Crippen LogP contribution in [0.2, 0.25) is 4.34 Å². The highest BCUT2D eigenvalue weighted by Gasteiger charge is 2.08. The lowest BCUT2D eigenvalue weighted by Gasteiger charge is -2.02. The molecule has 2 heterocycles. The lowest BCUT2D eigenvalue weighted by Crippen LogP contribution is -1.97. The molecule has 0 amide bonds. The number of nitrogens with zero attached hydrogens (tertiary/aromatic N) is 2. The second kappa shape index (κ2) is 3.55. The molecule has 2 aromatic rings. The van der Waals surface area contributed by atoms with Crippen molar-refractivity contribution < 1.29 is 0 Å². The van der Waals surface area contributed by atoms with Crippen molar-refractivity contribution in [1.82, 2.24) is 9.97 Å². The fourth-order valence-corrected chi connectivity index (χ4v) is 2.25. The molecule has 3 nitrogen and oxygen atoms in total. The number of hydrogen-bond donors (Lipinski definition) is 1. The zero-order valence-electron chi connectivity index (χ0n) is 7.49. The number of thiophene rings is 1. The van der Waals surface area contributed by atoms with Crippen molar-refractivity contribution in [3.63, 3.8) is 0 Å². The number of nitrogens with two attached hydrogens (primary N) is 1. The normalized spacial score (nSPS) is 10.4. The van der Waals surface area contributed by atoms with E-state index >= 15 is 0 Å². The van der Waals surface area contributed by atoms with Gasteiger partial charge in [0.1, 0.15) is 12.1 Å². The first kappa shape index (κ1) is 9.43. The predicted molar refractivity (Wildman–Crippen MR) is 59.5 cm³/mol. The Hall–Kier alpha value is -1.13. The Bertz CT molecular complexity index is 467. The van der Waals surface area contributed by atoms with Crippen LogP contribution in [0.25, 0.3) is 10.6 Å². The van der Waals surface area contributed by atoms with E-state index in [0.29, 0.717) is 5.82 Å². The number of halogens is 1. The van der Waals surface area contributed by atoms with E-state index in [0.717, 1.165) is 20.5 Å². The summed E-state index contributed by atoms with van der Waals surface area (Å²) in [5.41, 5.74) is 7.44. The van der Waals surface area contributed by atoms with Gasteiger partial charge in [-0.05, 0) is 19.1 Å². The monoisotopic (exact) mass is 225 g/mol. The summed E-state index contributed by atoms with van der Waals surface area (Å²) in [7, 11) is 0. The summed E-state index contributed by atoms with van der Waals surface area (Å²) in [5, 5.41) is 0. The third kappa shape index (κ3) is 1.58. The summed E-state index contributed by atoms with van der Waals surface area (Å²) in [6.45, 7) is 1.90. The summed E-state index contributed by atoms with van der Waals surface area (Å²) < 4.78 is 0.747. The van der Waals surface area contributed by atoms with Gasteiger partial charge in [-0.25, -0.2) is 9.97 Å². The maximum absolute atomic E-state index is 5.85. The summed E-state index contributed by atoms with van der Waals surface area (Å²) in [6.07, 6.45) is 1.46. The molecule has 0 aliphatic carbocycles. The largest absolute Gasteiger partial charge is 0.383 e. The van der Waals surface area contributed by atoms with Crippen molar-refractivity contribution >= 4 is 28.8 Å². The smallest absolute Gasteiger partial charge is 0.130 e. The van der Waals surface area contributed by atoms with Gasteiger partial charge in [0.15, 0.2) is 0 Å². The molecule has 2 N–H and O–H groups in total. The van der Waals surface area contributed by atoms with Crippen molar-refractivity contribution in [3.8, 4) is 10.6 Å². The number of aromatic nitrogens is 2. The highest BCUT2D eigenvalue weighted by Crippen LogP contribution is 2.32. The number of rotatable bonds is 1. The zero-order valence-corrected chi connectivity index (χ0v) is 9.06. The van der Waals surface area contributed by atoms with Gasteiger partial charge in [0.05, 0.1) is 14.9 Å². The molecule has 0 aliphatic heterocycles. The Labute approximate surface area is 90.6 Å². The molecule has 0 aliphatic rings. The lowest BCUT2D eigenvalue weighted by atomic mass is 10.2. The Morgan fingerprint density at radius 2 is 2.14 bits per heavy atom. The SMILES string of the molecule is Cc1c(N)ncnc1-c1ccc(Cl)s1. The van der Waals surface area contributed by atoms with Crippen molar-refractivity contribution in [2.75, 3.05) is 5.73 Å². The molecule has 5 heteroatoms. The van der Waals surface area contributed by atoms with E-state index in [9.17, 15) is 0 Å². The molecule has 0 radical (unpaired) electrons. The maximum atomic E-state index is 5.85. The van der Waals surface area contributed by atoms with Crippen molar-refractivity contribution in [2.45, 2.75) is 6.92 Å². The third-order valence-electron chi connectivity index (χ3n) is 1.93. The molecule has 0 saturated heterocycles. The molecule has 0 unspecified atom stereocenters. The van der Waals surface area contributed by atoms with Crippen molar-refractivity contribution in [3.05, 3.63) is 28.4 Å². The summed E-state index contributed by atoms with van der Waals surface area (Å²) in [4.78, 5) is 9.11. The van der Waals surface area contributed by atoms with Crippen LogP contribution < -0.4 is 5.73 Å². The third-order valence-corrected chi connectivity index (χ3v) is 3.17. The van der Waals surface area contributed by atoms with Crippen LogP contribution in [0.4, 0.5) is 5.82 Å². The van der Waals surface area contributed by atoms with Crippen LogP contribution in [0, 0.1) is 6.92 Å². The first-order chi connectivity index (χ1) is 6.68. The first-order valence-electron chi connectivity index (χ1n) is 4.01. The molecule has 0 atom stereocenters. The zero-order chi connectivity index (χ0) is 10.1. The van der Waals surface area contributed by atoms with E-state index in [1.807, 2.05) is 19.1 Å². The maximum Gasteiger partial charge on any atom is 0.130 e. The Balaban J connectivity index is 2.57. The molecule has 2 aromatic heterocycles. The van der Waals surface area contributed by atoms with Crippen molar-refractivity contribution in [1.29, 1.82) is 0 Å². The van der Waals surface area contributed by atoms with E-state index in [4.69, 9.17) is 17.3 Å². The average molecular weight is 226 g/mol. The van der Waals surface area contributed by atoms with Gasteiger partial charge in [0, 0.05) is 5.56 Å². The van der Waals surface area contributed by atoms with E-state index in [1.54, 1.807) is 0 Å². The first-order valence-corrected chi connectivity index (χ1v) is 5.20. The standard InChI is InChI=1S/C9H8ClN3S/c1-5-8(12-4-13-9(5)11)6-2-3-7(10)14-6/h2-4H,1H3,(H2,11,12,13). The van der Waals surface area contributed by atoms with Gasteiger partial charge in [-0.2, -0.15) is 0 Å². The van der Waals surface area contributed by atoms with Crippen LogP contribution in [0.3, 0.4) is 0 Å². The van der Waals surface area contributed by atoms with Gasteiger partial charge in [-0.3, -0.25) is 0 Å². The fraction of sp³-hybridized carbons (Fsp3) is 0.111. The van der Waals surface area contributed by atoms with Crippen LogP contribution in [-0.2, 0) is 0 Å². The topological polar surface area (TPSA) is 51.8 Å². The summed E-state index contributed by atoms with van der Waals surface area (Å²) in [5.74, 6) is 0.513. The number of hydrogen-bond acceptors (Lipinski definition) is 4. The minimum absolute atomic E-state index is 0.513. The van der Waals surface area contributed by atoms with Crippen LogP contribution in [0.15, 0.2) is 18.5 Å². The van der Waals surface area contributed by atoms with E-state index in [2.05, 4.69) is 9.97 Å². The fourth-order valence-electron chi connectivity index (χ4n) is 1.15. The highest BCUT2D eigenvalue weighted by molar-refractivity contribution is 7.19. The lowest BCUT2D eigenvalue weighted by molar-refractivity contribution is 1.15. The Kier molecular flexibility index (Phi) is 2.39. The average Bonchev–Trinajstić information content (AvgIpc) is 2.57. The Morgan fingerprint density at radius 3 is 2.79 bits per heavy atom. The van der Waals surface area contributed by atoms with Gasteiger partial charge < -0.3 is 5.73 Å². The second-order valence-corrected chi connectivity index (χ2v) is 4.55. The summed E-state index contributed by atoms with van der Waals surface area (Å²) in [6, 6.07) is 3.78. The Morgan fingerprint density at radius 1 is 1.36 bits per heavy atom. The molecule has 0 saturated carbocycles. The van der Waals surface area contributed by atoms with Crippen LogP contribution in [0.5, 0.6) is 0 Å². The van der Waals surface area contributed by atoms with Gasteiger partial charge in [-0.15, -0.1) is 11.3 Å². The number of anilines is 1. The van der Waals surface area contributed by atoms with E-state index in [-0.39, 0.29) is 0 Å². The predicted octanol–water partition coefficient (Wildman–Crippen LogP) is 2.75. The van der Waals surface area contributed by atoms with Crippen LogP contribution in [0.1, 0.15) is 5.56 Å². The molecular formula is C9H8ClN3S. The van der Waals surface area contributed by atoms with Gasteiger partial charge in [0.2, 0.25) is 0 Å². The second-order valence-electron chi connectivity index (χ2n) is 2.84. The molecule has 72 valence electrons. The molecule has 0 fully saturated rings. The number of nitrogen functional groups attached to an aromatic ring is 1. The molecule has 14 heavy (non-hydrogen) atoms. The van der Waals surface area contributed by atoms with Gasteiger partial charge in [0.25, 0.3) is 0 Å². The molecular weight excluding hydrogens is 218 g/mol. The van der Waals surface area contributed by atoms with Gasteiger partial charge >= 0.3 is 0 Å². The van der Waals surface area contributed by atoms with Crippen LogP contribution in [-0.4, -0.2) is 9.97 Å². The van der Waals surface area contributed by atoms with E-state index in [1.165, 1.54) is 17.7 Å². The van der Waals surface area contributed by atoms with Crippen molar-refractivity contribution in [2.24, 2.45) is 0 Å². The molecule has 0 bridgehead atoms. The quantitative estimate of drug-likeness (QED) is 0.812. The van der Waals surface area contributed by atoms with Crippen LogP contribution >= 0.6 is 22.9 Å². The molecule has 2 rings (SSSR count). The minimum atomic E-state index is 0.513. The molecule has 0 aromatic carbocycles. The molecule has 0 spiro atoms.